The van der Waals surface area contributed by atoms with E-state index < -0.39 is 5.97 Å². The Morgan fingerprint density at radius 3 is 1.87 bits per heavy atom. The van der Waals surface area contributed by atoms with Crippen LogP contribution in [0, 0.1) is 0 Å². The monoisotopic (exact) mass is 412 g/mol. The summed E-state index contributed by atoms with van der Waals surface area (Å²) >= 11 is 0. The van der Waals surface area contributed by atoms with Gasteiger partial charge >= 0.3 is 5.97 Å². The molecular weight excluding hydrogens is 388 g/mol. The third-order valence-corrected chi connectivity index (χ3v) is 5.32. The zero-order valence-corrected chi connectivity index (χ0v) is 17.3. The lowest BCUT2D eigenvalue weighted by atomic mass is 10.1. The largest absolute Gasteiger partial charge is 0.423 e. The Bertz CT molecular complexity index is 1070. The Morgan fingerprint density at radius 1 is 0.774 bits per heavy atom. The van der Waals surface area contributed by atoms with E-state index >= 15 is 0 Å². The van der Waals surface area contributed by atoms with Gasteiger partial charge in [-0.3, -0.25) is 9.69 Å². The van der Waals surface area contributed by atoms with Crippen LogP contribution in [-0.4, -0.2) is 48.0 Å². The van der Waals surface area contributed by atoms with Gasteiger partial charge in [-0.1, -0.05) is 66.7 Å². The van der Waals surface area contributed by atoms with Gasteiger partial charge in [0.2, 0.25) is 0 Å². The third-order valence-electron chi connectivity index (χ3n) is 5.32. The van der Waals surface area contributed by atoms with Crippen LogP contribution in [-0.2, 0) is 4.74 Å². The van der Waals surface area contributed by atoms with E-state index in [-0.39, 0.29) is 12.1 Å². The second-order valence-corrected chi connectivity index (χ2v) is 7.41. The van der Waals surface area contributed by atoms with Crippen LogP contribution in [0.3, 0.4) is 0 Å². The zero-order chi connectivity index (χ0) is 21.6. The van der Waals surface area contributed by atoms with E-state index in [1.165, 1.54) is 0 Å². The summed E-state index contributed by atoms with van der Waals surface area (Å²) in [5.41, 5.74) is 1.89. The maximum absolute atomic E-state index is 13.1. The molecule has 0 radical (unpaired) electrons. The van der Waals surface area contributed by atoms with E-state index in [1.807, 2.05) is 79.9 Å². The van der Waals surface area contributed by atoms with E-state index in [1.54, 1.807) is 29.2 Å². The highest BCUT2D eigenvalue weighted by atomic mass is 16.5. The number of esters is 1. The topological polar surface area (TPSA) is 49.9 Å². The molecule has 1 atom stereocenters. The number of benzene rings is 3. The van der Waals surface area contributed by atoms with Crippen molar-refractivity contribution in [2.75, 3.05) is 20.1 Å². The molecule has 0 aliphatic carbocycles. The van der Waals surface area contributed by atoms with Crippen LogP contribution in [0.25, 0.3) is 5.76 Å². The Morgan fingerprint density at radius 2 is 1.29 bits per heavy atom. The maximum atomic E-state index is 13.1. The number of carbonyl (C=O) groups is 2. The smallest absolute Gasteiger partial charge is 0.343 e. The van der Waals surface area contributed by atoms with Gasteiger partial charge in [0.25, 0.3) is 5.91 Å². The highest BCUT2D eigenvalue weighted by molar-refractivity contribution is 5.95. The molecule has 1 fully saturated rings. The highest BCUT2D eigenvalue weighted by Gasteiger charge is 2.33. The van der Waals surface area contributed by atoms with Crippen molar-refractivity contribution in [1.29, 1.82) is 0 Å². The quantitative estimate of drug-likeness (QED) is 0.463. The molecule has 3 aromatic rings. The molecule has 1 aliphatic heterocycles. The third kappa shape index (κ3) is 4.73. The Kier molecular flexibility index (Phi) is 6.24. The summed E-state index contributed by atoms with van der Waals surface area (Å²) < 4.78 is 5.82. The molecule has 0 aromatic heterocycles. The van der Waals surface area contributed by atoms with Gasteiger partial charge in [0, 0.05) is 24.2 Å². The second-order valence-electron chi connectivity index (χ2n) is 7.41. The first-order valence-corrected chi connectivity index (χ1v) is 10.2. The average molecular weight is 412 g/mol. The zero-order valence-electron chi connectivity index (χ0n) is 17.3. The summed E-state index contributed by atoms with van der Waals surface area (Å²) in [5.74, 6) is -0.0515. The number of amides is 1. The van der Waals surface area contributed by atoms with Crippen LogP contribution in [0.15, 0.2) is 97.1 Å². The van der Waals surface area contributed by atoms with Gasteiger partial charge in [-0.2, -0.15) is 0 Å². The lowest BCUT2D eigenvalue weighted by molar-refractivity contribution is 0.0683. The lowest BCUT2D eigenvalue weighted by Gasteiger charge is -2.26. The Hall–Kier alpha value is -3.70. The molecule has 5 heteroatoms. The van der Waals surface area contributed by atoms with Gasteiger partial charge < -0.3 is 9.64 Å². The van der Waals surface area contributed by atoms with Gasteiger partial charge in [-0.05, 0) is 37.4 Å². The molecule has 0 bridgehead atoms. The minimum Gasteiger partial charge on any atom is -0.423 e. The number of likely N-dealkylation sites (N-methyl/N-ethyl adjacent to an activating group) is 1. The molecule has 0 N–H and O–H groups in total. The van der Waals surface area contributed by atoms with Crippen LogP contribution < -0.4 is 0 Å². The minimum atomic E-state index is -0.433. The number of ether oxygens (including phenoxy) is 1. The van der Waals surface area contributed by atoms with Crippen molar-refractivity contribution in [3.63, 3.8) is 0 Å². The predicted octanol–water partition coefficient (Wildman–Crippen LogP) is 4.30. The van der Waals surface area contributed by atoms with Crippen molar-refractivity contribution in [3.8, 4) is 0 Å². The molecule has 1 aliphatic rings. The van der Waals surface area contributed by atoms with E-state index in [0.29, 0.717) is 23.4 Å². The molecule has 0 spiro atoms. The van der Waals surface area contributed by atoms with E-state index in [4.69, 9.17) is 4.74 Å². The molecule has 5 nitrogen and oxygen atoms in total. The number of rotatable bonds is 5. The van der Waals surface area contributed by atoms with E-state index in [0.717, 1.165) is 12.1 Å². The fourth-order valence-corrected chi connectivity index (χ4v) is 3.61. The molecule has 1 unspecified atom stereocenters. The van der Waals surface area contributed by atoms with Crippen molar-refractivity contribution < 1.29 is 14.3 Å². The number of carbonyl (C=O) groups excluding carboxylic acids is 2. The van der Waals surface area contributed by atoms with Gasteiger partial charge in [0.1, 0.15) is 11.9 Å². The summed E-state index contributed by atoms with van der Waals surface area (Å²) in [5, 5.41) is 0. The van der Waals surface area contributed by atoms with Crippen LogP contribution in [0.2, 0.25) is 0 Å². The first kappa shape index (κ1) is 20.6. The summed E-state index contributed by atoms with van der Waals surface area (Å²) in [7, 11) is 1.96. The fourth-order valence-electron chi connectivity index (χ4n) is 3.61. The molecule has 31 heavy (non-hydrogen) atoms. The van der Waals surface area contributed by atoms with Crippen LogP contribution in [0.4, 0.5) is 0 Å². The normalized spacial score (nSPS) is 16.9. The molecule has 156 valence electrons. The first-order valence-electron chi connectivity index (χ1n) is 10.2. The highest BCUT2D eigenvalue weighted by Crippen LogP contribution is 2.24. The van der Waals surface area contributed by atoms with E-state index in [9.17, 15) is 9.59 Å². The molecule has 1 heterocycles. The number of hydrogen-bond acceptors (Lipinski definition) is 4. The predicted molar refractivity (Wildman–Crippen MR) is 120 cm³/mol. The summed E-state index contributed by atoms with van der Waals surface area (Å²) in [6.45, 7) is 1.33. The SMILES string of the molecule is CN1CCN(C(=O)c2ccccc2)C1/C=C(\OC(=O)c1ccccc1)c1ccccc1. The van der Waals surface area contributed by atoms with Crippen molar-refractivity contribution >= 4 is 17.6 Å². The standard InChI is InChI=1S/C26H24N2O3/c1-27-17-18-28(25(29)21-13-7-3-8-14-21)24(27)19-23(20-11-5-2-6-12-20)31-26(30)22-15-9-4-10-16-22/h2-16,19,24H,17-18H2,1H3/b23-19-. The van der Waals surface area contributed by atoms with Crippen molar-refractivity contribution in [1.82, 2.24) is 9.80 Å². The Labute approximate surface area is 182 Å². The fraction of sp³-hybridized carbons (Fsp3) is 0.154. The van der Waals surface area contributed by atoms with Gasteiger partial charge in [0.05, 0.1) is 5.56 Å². The van der Waals surface area contributed by atoms with Crippen LogP contribution >= 0.6 is 0 Å². The van der Waals surface area contributed by atoms with Crippen LogP contribution in [0.5, 0.6) is 0 Å². The molecule has 1 amide bonds. The Balaban J connectivity index is 1.67. The lowest BCUT2D eigenvalue weighted by Crippen LogP contribution is -2.39. The average Bonchev–Trinajstić information content (AvgIpc) is 3.19. The molecule has 1 saturated heterocycles. The number of hydrogen-bond donors (Lipinski definition) is 0. The minimum absolute atomic E-state index is 0.0482. The second kappa shape index (κ2) is 9.41. The molecule has 0 saturated carbocycles. The summed E-state index contributed by atoms with van der Waals surface area (Å²) in [6, 6.07) is 27.6. The molecule has 4 rings (SSSR count). The van der Waals surface area contributed by atoms with E-state index in [2.05, 4.69) is 4.90 Å². The first-order chi connectivity index (χ1) is 15.1. The van der Waals surface area contributed by atoms with Gasteiger partial charge in [-0.15, -0.1) is 0 Å². The van der Waals surface area contributed by atoms with Gasteiger partial charge in [-0.25, -0.2) is 4.79 Å². The van der Waals surface area contributed by atoms with Crippen molar-refractivity contribution in [3.05, 3.63) is 114 Å². The molecule has 3 aromatic carbocycles. The van der Waals surface area contributed by atoms with Gasteiger partial charge in [0.15, 0.2) is 0 Å². The van der Waals surface area contributed by atoms with Crippen molar-refractivity contribution in [2.45, 2.75) is 6.17 Å². The number of nitrogens with zero attached hydrogens (tertiary/aromatic N) is 2. The van der Waals surface area contributed by atoms with Crippen molar-refractivity contribution in [2.24, 2.45) is 0 Å². The summed E-state index contributed by atoms with van der Waals surface area (Å²) in [4.78, 5) is 29.8. The molecular formula is C26H24N2O3. The van der Waals surface area contributed by atoms with Crippen LogP contribution in [0.1, 0.15) is 26.3 Å². The maximum Gasteiger partial charge on any atom is 0.343 e. The summed E-state index contributed by atoms with van der Waals surface area (Å²) in [6.07, 6.45) is 1.52.